The molecule has 0 unspecified atom stereocenters. The second-order valence-electron chi connectivity index (χ2n) is 4.08. The second-order valence-corrected chi connectivity index (χ2v) is 4.08. The minimum Gasteiger partial charge on any atom is -0.317 e. The normalized spacial score (nSPS) is 10.8. The van der Waals surface area contributed by atoms with Crippen molar-refractivity contribution in [2.75, 3.05) is 26.2 Å². The van der Waals surface area contributed by atoms with E-state index >= 15 is 0 Å². The highest BCUT2D eigenvalue weighted by Gasteiger charge is 1.90. The Kier molecular flexibility index (Phi) is 13.8. The van der Waals surface area contributed by atoms with E-state index in [9.17, 15) is 0 Å². The Balaban J connectivity index is 2.81. The fourth-order valence-electron chi connectivity index (χ4n) is 1.58. The van der Waals surface area contributed by atoms with Crippen LogP contribution in [0.4, 0.5) is 0 Å². The van der Waals surface area contributed by atoms with E-state index < -0.39 is 0 Å². The Hall–Kier alpha value is -0.0800. The van der Waals surface area contributed by atoms with E-state index in [4.69, 9.17) is 0 Å². The summed E-state index contributed by atoms with van der Waals surface area (Å²) in [5.41, 5.74) is 0. The SMILES string of the molecule is [CH2]CCCCNCCCCCCNCC. The van der Waals surface area contributed by atoms with Crippen molar-refractivity contribution in [3.8, 4) is 0 Å². The first-order valence-corrected chi connectivity index (χ1v) is 6.62. The van der Waals surface area contributed by atoms with Crippen LogP contribution in [0, 0.1) is 6.92 Å². The van der Waals surface area contributed by atoms with Crippen molar-refractivity contribution in [3.05, 3.63) is 6.92 Å². The third-order valence-electron chi connectivity index (χ3n) is 2.56. The number of rotatable bonds is 12. The van der Waals surface area contributed by atoms with Crippen LogP contribution in [-0.4, -0.2) is 26.2 Å². The zero-order chi connectivity index (χ0) is 11.2. The number of hydrogen-bond acceptors (Lipinski definition) is 2. The fourth-order valence-corrected chi connectivity index (χ4v) is 1.58. The number of unbranched alkanes of at least 4 members (excludes halogenated alkanes) is 5. The lowest BCUT2D eigenvalue weighted by atomic mass is 10.2. The first-order valence-electron chi connectivity index (χ1n) is 6.62. The summed E-state index contributed by atoms with van der Waals surface area (Å²) in [5.74, 6) is 0. The number of nitrogens with one attached hydrogen (secondary N) is 2. The molecule has 0 aromatic carbocycles. The molecule has 2 N–H and O–H groups in total. The first-order chi connectivity index (χ1) is 7.41. The average molecular weight is 213 g/mol. The molecule has 0 heterocycles. The summed E-state index contributed by atoms with van der Waals surface area (Å²) >= 11 is 0. The van der Waals surface area contributed by atoms with Gasteiger partial charge in [-0.2, -0.15) is 0 Å². The molecule has 0 atom stereocenters. The Bertz CT molecular complexity index is 92.7. The lowest BCUT2D eigenvalue weighted by Gasteiger charge is -2.04. The van der Waals surface area contributed by atoms with Gasteiger partial charge in [0.25, 0.3) is 0 Å². The van der Waals surface area contributed by atoms with E-state index in [-0.39, 0.29) is 0 Å². The van der Waals surface area contributed by atoms with E-state index in [0.717, 1.165) is 13.0 Å². The molecule has 2 nitrogen and oxygen atoms in total. The Labute approximate surface area is 96.2 Å². The molecule has 91 valence electrons. The minimum atomic E-state index is 1.08. The molecule has 0 aliphatic rings. The fraction of sp³-hybridized carbons (Fsp3) is 0.923. The summed E-state index contributed by atoms with van der Waals surface area (Å²) in [6.07, 6.45) is 9.01. The van der Waals surface area contributed by atoms with E-state index in [1.807, 2.05) is 0 Å². The van der Waals surface area contributed by atoms with Crippen molar-refractivity contribution < 1.29 is 0 Å². The number of hydrogen-bond donors (Lipinski definition) is 2. The van der Waals surface area contributed by atoms with Gasteiger partial charge in [-0.05, 0) is 45.4 Å². The van der Waals surface area contributed by atoms with E-state index in [1.54, 1.807) is 0 Å². The maximum Gasteiger partial charge on any atom is -0.00489 e. The van der Waals surface area contributed by atoms with Crippen molar-refractivity contribution in [1.82, 2.24) is 10.6 Å². The van der Waals surface area contributed by atoms with Crippen molar-refractivity contribution in [1.29, 1.82) is 0 Å². The van der Waals surface area contributed by atoms with Gasteiger partial charge in [0.1, 0.15) is 0 Å². The van der Waals surface area contributed by atoms with Gasteiger partial charge >= 0.3 is 0 Å². The molecule has 0 spiro atoms. The van der Waals surface area contributed by atoms with Crippen LogP contribution in [0.1, 0.15) is 51.9 Å². The van der Waals surface area contributed by atoms with E-state index in [1.165, 1.54) is 58.2 Å². The van der Waals surface area contributed by atoms with Gasteiger partial charge in [0.15, 0.2) is 0 Å². The average Bonchev–Trinajstić information content (AvgIpc) is 2.26. The van der Waals surface area contributed by atoms with Crippen LogP contribution in [0.2, 0.25) is 0 Å². The molecule has 1 radical (unpaired) electrons. The lowest BCUT2D eigenvalue weighted by Crippen LogP contribution is -2.17. The molecule has 0 aromatic rings. The molecular weight excluding hydrogens is 184 g/mol. The maximum absolute atomic E-state index is 3.83. The Morgan fingerprint density at radius 2 is 1.27 bits per heavy atom. The van der Waals surface area contributed by atoms with Gasteiger partial charge in [0, 0.05) is 0 Å². The molecule has 0 saturated heterocycles. The molecule has 0 aromatic heterocycles. The lowest BCUT2D eigenvalue weighted by molar-refractivity contribution is 0.558. The van der Waals surface area contributed by atoms with Crippen LogP contribution in [0.15, 0.2) is 0 Å². The molecule has 0 bridgehead atoms. The summed E-state index contributed by atoms with van der Waals surface area (Å²) < 4.78 is 0. The van der Waals surface area contributed by atoms with E-state index in [0.29, 0.717) is 0 Å². The molecule has 2 heteroatoms. The smallest absolute Gasteiger partial charge is 0.00489 e. The molecule has 0 rings (SSSR count). The molecule has 0 saturated carbocycles. The third kappa shape index (κ3) is 13.9. The molecule has 0 aliphatic heterocycles. The van der Waals surface area contributed by atoms with Crippen LogP contribution in [0.25, 0.3) is 0 Å². The summed E-state index contributed by atoms with van der Waals surface area (Å²) in [5, 5.41) is 6.83. The summed E-state index contributed by atoms with van der Waals surface area (Å²) in [6.45, 7) is 10.7. The first kappa shape index (κ1) is 14.9. The van der Waals surface area contributed by atoms with Crippen molar-refractivity contribution >= 4 is 0 Å². The van der Waals surface area contributed by atoms with Crippen molar-refractivity contribution in [3.63, 3.8) is 0 Å². The van der Waals surface area contributed by atoms with Gasteiger partial charge in [-0.15, -0.1) is 0 Å². The van der Waals surface area contributed by atoms with E-state index in [2.05, 4.69) is 24.5 Å². The zero-order valence-corrected chi connectivity index (χ0v) is 10.5. The summed E-state index contributed by atoms with van der Waals surface area (Å²) in [6, 6.07) is 0. The topological polar surface area (TPSA) is 24.1 Å². The van der Waals surface area contributed by atoms with Crippen molar-refractivity contribution in [2.45, 2.75) is 51.9 Å². The molecule has 15 heavy (non-hydrogen) atoms. The highest BCUT2D eigenvalue weighted by molar-refractivity contribution is 4.52. The molecular formula is C13H29N2. The van der Waals surface area contributed by atoms with Crippen LogP contribution in [-0.2, 0) is 0 Å². The molecule has 0 fully saturated rings. The van der Waals surface area contributed by atoms with Crippen LogP contribution in [0.5, 0.6) is 0 Å². The summed E-state index contributed by atoms with van der Waals surface area (Å²) in [7, 11) is 0. The van der Waals surface area contributed by atoms with Gasteiger partial charge in [-0.3, -0.25) is 0 Å². The predicted octanol–water partition coefficient (Wildman–Crippen LogP) is 2.75. The van der Waals surface area contributed by atoms with Gasteiger partial charge in [-0.1, -0.05) is 39.5 Å². The third-order valence-corrected chi connectivity index (χ3v) is 2.56. The highest BCUT2D eigenvalue weighted by Crippen LogP contribution is 1.98. The van der Waals surface area contributed by atoms with Crippen LogP contribution >= 0.6 is 0 Å². The van der Waals surface area contributed by atoms with Crippen molar-refractivity contribution in [2.24, 2.45) is 0 Å². The maximum atomic E-state index is 3.83. The van der Waals surface area contributed by atoms with Gasteiger partial charge in [0.05, 0.1) is 0 Å². The predicted molar refractivity (Wildman–Crippen MR) is 69.1 cm³/mol. The highest BCUT2D eigenvalue weighted by atomic mass is 14.8. The van der Waals surface area contributed by atoms with Gasteiger partial charge in [0.2, 0.25) is 0 Å². The largest absolute Gasteiger partial charge is 0.317 e. The molecule has 0 aliphatic carbocycles. The summed E-state index contributed by atoms with van der Waals surface area (Å²) in [4.78, 5) is 0. The van der Waals surface area contributed by atoms with Gasteiger partial charge < -0.3 is 10.6 Å². The van der Waals surface area contributed by atoms with Gasteiger partial charge in [-0.25, -0.2) is 0 Å². The quantitative estimate of drug-likeness (QED) is 0.487. The monoisotopic (exact) mass is 213 g/mol. The Morgan fingerprint density at radius 1 is 0.733 bits per heavy atom. The minimum absolute atomic E-state index is 1.08. The Morgan fingerprint density at radius 3 is 1.80 bits per heavy atom. The molecule has 0 amide bonds. The van der Waals surface area contributed by atoms with Crippen LogP contribution < -0.4 is 10.6 Å². The second kappa shape index (κ2) is 13.9. The standard InChI is InChI=1S/C13H29N2/c1-3-5-8-12-15-13-10-7-6-9-11-14-4-2/h14-15H,1,3-13H2,2H3. The zero-order valence-electron chi connectivity index (χ0n) is 10.5. The van der Waals surface area contributed by atoms with Crippen LogP contribution in [0.3, 0.4) is 0 Å².